The van der Waals surface area contributed by atoms with Crippen LogP contribution in [0, 0.1) is 12.3 Å². The lowest BCUT2D eigenvalue weighted by molar-refractivity contribution is -0.158. The summed E-state index contributed by atoms with van der Waals surface area (Å²) in [6.45, 7) is 12.0. The maximum Gasteiger partial charge on any atom is 0.410 e. The number of aromatic nitrogens is 1. The van der Waals surface area contributed by atoms with Gasteiger partial charge < -0.3 is 19.3 Å². The van der Waals surface area contributed by atoms with E-state index in [9.17, 15) is 9.59 Å². The number of ether oxygens (including phenoxy) is 2. The largest absolute Gasteiger partial charge is 0.444 e. The number of pyridine rings is 1. The van der Waals surface area contributed by atoms with Crippen LogP contribution < -0.4 is 0 Å². The minimum absolute atomic E-state index is 0.285. The van der Waals surface area contributed by atoms with Crippen molar-refractivity contribution in [3.8, 4) is 0 Å². The van der Waals surface area contributed by atoms with Crippen LogP contribution >= 0.6 is 11.6 Å². The van der Waals surface area contributed by atoms with Crippen molar-refractivity contribution in [3.05, 3.63) is 28.0 Å². The van der Waals surface area contributed by atoms with Crippen molar-refractivity contribution < 1.29 is 19.1 Å². The van der Waals surface area contributed by atoms with E-state index in [4.69, 9.17) is 26.1 Å². The number of fused-ring (bicyclic) bond motifs is 2. The van der Waals surface area contributed by atoms with Crippen molar-refractivity contribution in [2.75, 3.05) is 27.2 Å². The zero-order chi connectivity index (χ0) is 24.8. The van der Waals surface area contributed by atoms with Gasteiger partial charge >= 0.3 is 6.09 Å². The summed E-state index contributed by atoms with van der Waals surface area (Å²) in [7, 11) is 3.62. The highest BCUT2D eigenvalue weighted by Gasteiger charge is 2.54. The highest BCUT2D eigenvalue weighted by molar-refractivity contribution is 6.31. The minimum Gasteiger partial charge on any atom is -0.444 e. The molecule has 2 amide bonds. The number of aryl methyl sites for hydroxylation is 1. The van der Waals surface area contributed by atoms with Crippen LogP contribution in [0.15, 0.2) is 11.1 Å². The summed E-state index contributed by atoms with van der Waals surface area (Å²) in [5.41, 5.74) is 0.138. The van der Waals surface area contributed by atoms with Crippen molar-refractivity contribution in [1.82, 2.24) is 14.8 Å². The van der Waals surface area contributed by atoms with E-state index in [0.717, 1.165) is 11.3 Å². The molecule has 3 rings (SSSR count). The Labute approximate surface area is 201 Å². The first-order valence-electron chi connectivity index (χ1n) is 11.2. The fraction of sp³-hybridized carbons (Fsp3) is 0.667. The van der Waals surface area contributed by atoms with E-state index < -0.39 is 22.7 Å². The van der Waals surface area contributed by atoms with Crippen LogP contribution in [0.25, 0.3) is 0 Å². The number of hydrogen-bond donors (Lipinski definition) is 0. The zero-order valence-electron chi connectivity index (χ0n) is 20.9. The Balaban J connectivity index is 1.92. The van der Waals surface area contributed by atoms with Gasteiger partial charge in [0.15, 0.2) is 0 Å². The van der Waals surface area contributed by atoms with E-state index in [1.165, 1.54) is 6.34 Å². The van der Waals surface area contributed by atoms with E-state index >= 15 is 0 Å². The Kier molecular flexibility index (Phi) is 6.84. The average molecular weight is 479 g/mol. The average Bonchev–Trinajstić information content (AvgIpc) is 2.99. The van der Waals surface area contributed by atoms with E-state index in [-0.39, 0.29) is 12.0 Å². The molecule has 1 unspecified atom stereocenters. The summed E-state index contributed by atoms with van der Waals surface area (Å²) in [6.07, 6.45) is 1.71. The number of halogens is 1. The normalized spacial score (nSPS) is 20.3. The van der Waals surface area contributed by atoms with E-state index in [2.05, 4.69) is 4.99 Å². The summed E-state index contributed by atoms with van der Waals surface area (Å²) in [5.74, 6) is -0.285. The molecule has 0 radical (unpaired) electrons. The fourth-order valence-electron chi connectivity index (χ4n) is 4.22. The topological polar surface area (TPSA) is 84.3 Å². The van der Waals surface area contributed by atoms with Crippen molar-refractivity contribution in [2.45, 2.75) is 71.7 Å². The summed E-state index contributed by atoms with van der Waals surface area (Å²) >= 11 is 6.43. The van der Waals surface area contributed by atoms with Crippen molar-refractivity contribution in [3.63, 3.8) is 0 Å². The Morgan fingerprint density at radius 3 is 2.42 bits per heavy atom. The number of aliphatic imine (C=N–C) groups is 1. The molecule has 1 fully saturated rings. The highest BCUT2D eigenvalue weighted by atomic mass is 35.5. The van der Waals surface area contributed by atoms with E-state index in [0.29, 0.717) is 36.6 Å². The Morgan fingerprint density at radius 1 is 1.27 bits per heavy atom. The Hall–Kier alpha value is -2.19. The van der Waals surface area contributed by atoms with Gasteiger partial charge in [-0.2, -0.15) is 0 Å². The van der Waals surface area contributed by atoms with Crippen molar-refractivity contribution >= 4 is 29.9 Å². The zero-order valence-corrected chi connectivity index (χ0v) is 21.6. The van der Waals surface area contributed by atoms with Crippen LogP contribution in [0.4, 0.5) is 4.79 Å². The first kappa shape index (κ1) is 25.4. The van der Waals surface area contributed by atoms with Gasteiger partial charge in [0.25, 0.3) is 5.91 Å². The predicted octanol–water partition coefficient (Wildman–Crippen LogP) is 4.48. The van der Waals surface area contributed by atoms with Crippen molar-refractivity contribution in [2.24, 2.45) is 10.4 Å². The summed E-state index contributed by atoms with van der Waals surface area (Å²) < 4.78 is 12.2. The van der Waals surface area contributed by atoms with Crippen LogP contribution in [0.1, 0.15) is 70.5 Å². The summed E-state index contributed by atoms with van der Waals surface area (Å²) in [4.78, 5) is 37.9. The smallest absolute Gasteiger partial charge is 0.410 e. The van der Waals surface area contributed by atoms with Gasteiger partial charge in [0.1, 0.15) is 11.2 Å². The second-order valence-electron chi connectivity index (χ2n) is 10.7. The molecule has 8 nitrogen and oxygen atoms in total. The maximum absolute atomic E-state index is 13.0. The maximum atomic E-state index is 13.0. The summed E-state index contributed by atoms with van der Waals surface area (Å²) in [6, 6.07) is 1.86. The molecule has 182 valence electrons. The van der Waals surface area contributed by atoms with Crippen LogP contribution in [0.2, 0.25) is 5.02 Å². The number of amides is 2. The molecule has 0 N–H and O–H groups in total. The first-order chi connectivity index (χ1) is 15.2. The number of likely N-dealkylation sites (tertiary alicyclic amines) is 1. The monoisotopic (exact) mass is 478 g/mol. The molecule has 0 aliphatic carbocycles. The molecule has 2 aliphatic heterocycles. The third-order valence-corrected chi connectivity index (χ3v) is 6.46. The van der Waals surface area contributed by atoms with Crippen LogP contribution in [0.3, 0.4) is 0 Å². The molecule has 1 aromatic rings. The number of hydrogen-bond acceptors (Lipinski definition) is 5. The molecule has 0 bridgehead atoms. The molecule has 9 heteroatoms. The minimum atomic E-state index is -0.937. The van der Waals surface area contributed by atoms with Crippen LogP contribution in [-0.4, -0.2) is 65.9 Å². The summed E-state index contributed by atoms with van der Waals surface area (Å²) in [5, 5.41) is 0.533. The van der Waals surface area contributed by atoms with Gasteiger partial charge in [-0.3, -0.25) is 9.78 Å². The van der Waals surface area contributed by atoms with Gasteiger partial charge in [-0.25, -0.2) is 9.79 Å². The van der Waals surface area contributed by atoms with Gasteiger partial charge in [0.05, 0.1) is 34.3 Å². The van der Waals surface area contributed by atoms with Gasteiger partial charge in [0.2, 0.25) is 0 Å². The number of nitrogens with zero attached hydrogens (tertiary/aromatic N) is 4. The predicted molar refractivity (Wildman–Crippen MR) is 127 cm³/mol. The molecule has 33 heavy (non-hydrogen) atoms. The quantitative estimate of drug-likeness (QED) is 0.470. The molecule has 0 saturated carbocycles. The molecule has 3 heterocycles. The van der Waals surface area contributed by atoms with E-state index in [1.54, 1.807) is 9.80 Å². The molecular formula is C24H35ClN4O4. The Bertz CT molecular complexity index is 960. The van der Waals surface area contributed by atoms with E-state index in [1.807, 2.05) is 61.7 Å². The second kappa shape index (κ2) is 8.87. The van der Waals surface area contributed by atoms with Gasteiger partial charge in [-0.1, -0.05) is 11.6 Å². The molecule has 1 spiro atoms. The molecule has 1 saturated heterocycles. The molecule has 2 aliphatic rings. The van der Waals surface area contributed by atoms with Crippen LogP contribution in [0.5, 0.6) is 0 Å². The Morgan fingerprint density at radius 2 is 1.88 bits per heavy atom. The molecule has 0 aromatic carbocycles. The van der Waals surface area contributed by atoms with Gasteiger partial charge in [-0.05, 0) is 60.5 Å². The molecule has 1 atom stereocenters. The standard InChI is InChI=1S/C24H35ClN4O4/c1-15-17(25)13-16-18(27-15)24(9-11-29(12-10-24)21(31)33-22(2,3)4)32-19(16)23(5,6)20(30)26-14-28(7)8/h13-14,19H,9-12H2,1-8H3/b26-14+. The third kappa shape index (κ3) is 5.17. The molecule has 1 aromatic heterocycles. The van der Waals surface area contributed by atoms with Crippen LogP contribution in [-0.2, 0) is 19.9 Å². The van der Waals surface area contributed by atoms with Gasteiger partial charge in [-0.15, -0.1) is 0 Å². The highest BCUT2D eigenvalue weighted by Crippen LogP contribution is 2.55. The third-order valence-electron chi connectivity index (χ3n) is 6.07. The number of rotatable bonds is 3. The lowest BCUT2D eigenvalue weighted by atomic mass is 9.81. The van der Waals surface area contributed by atoms with Gasteiger partial charge in [0, 0.05) is 32.7 Å². The lowest BCUT2D eigenvalue weighted by Gasteiger charge is -2.40. The SMILES string of the molecule is Cc1nc2c(cc1Cl)C(C(C)(C)C(=O)/N=C/N(C)C)OC21CCN(C(=O)OC(C)(C)C)CC1. The fourth-order valence-corrected chi connectivity index (χ4v) is 4.38. The lowest BCUT2D eigenvalue weighted by Crippen LogP contribution is -2.47. The number of carbonyl (C=O) groups excluding carboxylic acids is 2. The second-order valence-corrected chi connectivity index (χ2v) is 11.1. The van der Waals surface area contributed by atoms with Crippen molar-refractivity contribution in [1.29, 1.82) is 0 Å². The first-order valence-corrected chi connectivity index (χ1v) is 11.6. The molecular weight excluding hydrogens is 444 g/mol. The number of piperidine rings is 1. The number of carbonyl (C=O) groups is 2.